The number of carboxylic acids is 1. The highest BCUT2D eigenvalue weighted by Gasteiger charge is 2.08. The number of hydrogen-bond donors (Lipinski definition) is 1. The number of nitrogens with zero attached hydrogens (tertiary/aromatic N) is 1. The fraction of sp³-hybridized carbons (Fsp3) is 0.111. The Morgan fingerprint density at radius 2 is 2.42 bits per heavy atom. The van der Waals surface area contributed by atoms with Crippen LogP contribution in [0.3, 0.4) is 0 Å². The number of terminal acetylenes is 1. The monoisotopic (exact) mass is 161 g/mol. The molecule has 0 aliphatic heterocycles. The number of hydrogen-bond acceptors (Lipinski definition) is 2. The highest BCUT2D eigenvalue weighted by molar-refractivity contribution is 5.89. The van der Waals surface area contributed by atoms with Crippen LogP contribution in [0.5, 0.6) is 0 Å². The summed E-state index contributed by atoms with van der Waals surface area (Å²) in [6.45, 7) is 1.64. The first-order valence-electron chi connectivity index (χ1n) is 3.32. The van der Waals surface area contributed by atoms with Gasteiger partial charge in [-0.2, -0.15) is 0 Å². The largest absolute Gasteiger partial charge is 0.478 e. The molecule has 60 valence electrons. The van der Waals surface area contributed by atoms with Crippen molar-refractivity contribution >= 4 is 5.97 Å². The van der Waals surface area contributed by atoms with E-state index in [4.69, 9.17) is 11.5 Å². The molecule has 0 aliphatic carbocycles. The lowest BCUT2D eigenvalue weighted by Gasteiger charge is -2.00. The zero-order valence-electron chi connectivity index (χ0n) is 6.53. The minimum atomic E-state index is -0.980. The van der Waals surface area contributed by atoms with E-state index in [1.165, 1.54) is 12.3 Å². The molecule has 1 heterocycles. The van der Waals surface area contributed by atoms with Crippen molar-refractivity contribution < 1.29 is 9.90 Å². The van der Waals surface area contributed by atoms with Crippen LogP contribution in [0.4, 0.5) is 0 Å². The van der Waals surface area contributed by atoms with Crippen LogP contribution in [-0.4, -0.2) is 16.1 Å². The van der Waals surface area contributed by atoms with Gasteiger partial charge in [0.2, 0.25) is 0 Å². The summed E-state index contributed by atoms with van der Waals surface area (Å²) < 4.78 is 0. The van der Waals surface area contributed by atoms with Crippen molar-refractivity contribution in [1.29, 1.82) is 0 Å². The molecule has 0 bridgehead atoms. The Bertz CT molecular complexity index is 363. The number of aromatic nitrogens is 1. The first-order valence-corrected chi connectivity index (χ1v) is 3.32. The summed E-state index contributed by atoms with van der Waals surface area (Å²) in [7, 11) is 0. The van der Waals surface area contributed by atoms with E-state index in [-0.39, 0.29) is 5.56 Å². The standard InChI is InChI=1S/C9H7NO2/c1-3-8-6(2)7(9(11)12)4-5-10-8/h1,4-5H,2H3,(H,11,12). The molecule has 0 fully saturated rings. The number of aromatic carboxylic acids is 1. The summed E-state index contributed by atoms with van der Waals surface area (Å²) in [5.74, 6) is 1.34. The molecule has 1 aromatic rings. The van der Waals surface area contributed by atoms with Gasteiger partial charge in [-0.1, -0.05) is 0 Å². The molecule has 0 atom stereocenters. The third-order valence-corrected chi connectivity index (χ3v) is 1.57. The van der Waals surface area contributed by atoms with E-state index in [1.54, 1.807) is 6.92 Å². The molecule has 0 aliphatic rings. The predicted molar refractivity (Wildman–Crippen MR) is 43.9 cm³/mol. The lowest BCUT2D eigenvalue weighted by Crippen LogP contribution is -2.02. The molecule has 3 heteroatoms. The van der Waals surface area contributed by atoms with Crippen molar-refractivity contribution in [3.8, 4) is 12.3 Å². The van der Waals surface area contributed by atoms with Crippen molar-refractivity contribution in [2.75, 3.05) is 0 Å². The Morgan fingerprint density at radius 3 is 2.92 bits per heavy atom. The van der Waals surface area contributed by atoms with E-state index < -0.39 is 5.97 Å². The van der Waals surface area contributed by atoms with Gasteiger partial charge in [-0.15, -0.1) is 6.42 Å². The highest BCUT2D eigenvalue weighted by atomic mass is 16.4. The summed E-state index contributed by atoms with van der Waals surface area (Å²) in [4.78, 5) is 14.4. The molecule has 3 nitrogen and oxygen atoms in total. The molecule has 0 saturated heterocycles. The fourth-order valence-electron chi connectivity index (χ4n) is 0.913. The summed E-state index contributed by atoms with van der Waals surface area (Å²) in [6.07, 6.45) is 6.51. The van der Waals surface area contributed by atoms with Crippen molar-refractivity contribution in [2.24, 2.45) is 0 Å². The van der Waals surface area contributed by atoms with Crippen LogP contribution >= 0.6 is 0 Å². The number of carbonyl (C=O) groups is 1. The smallest absolute Gasteiger partial charge is 0.336 e. The molecule has 0 aromatic carbocycles. The normalized spacial score (nSPS) is 9.00. The quantitative estimate of drug-likeness (QED) is 0.627. The van der Waals surface area contributed by atoms with Crippen LogP contribution < -0.4 is 0 Å². The Balaban J connectivity index is 3.35. The van der Waals surface area contributed by atoms with Gasteiger partial charge in [0.15, 0.2) is 0 Å². The maximum absolute atomic E-state index is 10.6. The van der Waals surface area contributed by atoms with E-state index >= 15 is 0 Å². The summed E-state index contributed by atoms with van der Waals surface area (Å²) >= 11 is 0. The van der Waals surface area contributed by atoms with Crippen molar-refractivity contribution in [3.63, 3.8) is 0 Å². The van der Waals surface area contributed by atoms with E-state index in [0.717, 1.165) is 0 Å². The maximum atomic E-state index is 10.6. The average Bonchev–Trinajstić information content (AvgIpc) is 2.04. The van der Waals surface area contributed by atoms with Gasteiger partial charge in [0.25, 0.3) is 0 Å². The SMILES string of the molecule is C#Cc1nccc(C(=O)O)c1C. The Kier molecular flexibility index (Phi) is 2.11. The minimum absolute atomic E-state index is 0.206. The predicted octanol–water partition coefficient (Wildman–Crippen LogP) is 1.07. The van der Waals surface area contributed by atoms with E-state index in [9.17, 15) is 4.79 Å². The van der Waals surface area contributed by atoms with Gasteiger partial charge >= 0.3 is 5.97 Å². The van der Waals surface area contributed by atoms with E-state index in [2.05, 4.69) is 10.9 Å². The lowest BCUT2D eigenvalue weighted by molar-refractivity contribution is 0.0696. The van der Waals surface area contributed by atoms with Crippen LogP contribution in [0.2, 0.25) is 0 Å². The van der Waals surface area contributed by atoms with Crippen LogP contribution in [0, 0.1) is 19.3 Å². The summed E-state index contributed by atoms with van der Waals surface area (Å²) in [5, 5.41) is 8.69. The lowest BCUT2D eigenvalue weighted by atomic mass is 10.1. The van der Waals surface area contributed by atoms with Crippen LogP contribution in [0.1, 0.15) is 21.6 Å². The Hall–Kier alpha value is -1.82. The molecule has 0 amide bonds. The number of pyridine rings is 1. The van der Waals surface area contributed by atoms with Gasteiger partial charge in [0, 0.05) is 6.20 Å². The van der Waals surface area contributed by atoms with Gasteiger partial charge in [-0.25, -0.2) is 9.78 Å². The van der Waals surface area contributed by atoms with Gasteiger partial charge in [-0.05, 0) is 24.5 Å². The van der Waals surface area contributed by atoms with Gasteiger partial charge in [0.05, 0.1) is 5.56 Å². The molecule has 1 rings (SSSR count). The third-order valence-electron chi connectivity index (χ3n) is 1.57. The molecule has 0 saturated carbocycles. The summed E-state index contributed by atoms with van der Waals surface area (Å²) in [6, 6.07) is 1.43. The first kappa shape index (κ1) is 8.28. The maximum Gasteiger partial charge on any atom is 0.336 e. The number of carboxylic acid groups (broad SMARTS) is 1. The second kappa shape index (κ2) is 3.05. The van der Waals surface area contributed by atoms with Crippen molar-refractivity contribution in [1.82, 2.24) is 4.98 Å². The zero-order valence-corrected chi connectivity index (χ0v) is 6.53. The minimum Gasteiger partial charge on any atom is -0.478 e. The van der Waals surface area contributed by atoms with Gasteiger partial charge in [0.1, 0.15) is 5.69 Å². The second-order valence-corrected chi connectivity index (χ2v) is 2.28. The van der Waals surface area contributed by atoms with Crippen LogP contribution in [0.15, 0.2) is 12.3 Å². The third kappa shape index (κ3) is 1.28. The molecular weight excluding hydrogens is 154 g/mol. The van der Waals surface area contributed by atoms with Gasteiger partial charge in [-0.3, -0.25) is 0 Å². The number of rotatable bonds is 1. The topological polar surface area (TPSA) is 50.2 Å². The Morgan fingerprint density at radius 1 is 1.75 bits per heavy atom. The van der Waals surface area contributed by atoms with E-state index in [1.807, 2.05) is 0 Å². The van der Waals surface area contributed by atoms with Crippen LogP contribution in [-0.2, 0) is 0 Å². The molecular formula is C9H7NO2. The zero-order chi connectivity index (χ0) is 9.14. The average molecular weight is 161 g/mol. The Labute approximate surface area is 70.1 Å². The molecule has 0 unspecified atom stereocenters. The molecule has 1 N–H and O–H groups in total. The van der Waals surface area contributed by atoms with E-state index in [0.29, 0.717) is 11.3 Å². The second-order valence-electron chi connectivity index (χ2n) is 2.28. The van der Waals surface area contributed by atoms with Gasteiger partial charge < -0.3 is 5.11 Å². The molecule has 1 aromatic heterocycles. The molecule has 12 heavy (non-hydrogen) atoms. The summed E-state index contributed by atoms with van der Waals surface area (Å²) in [5.41, 5.74) is 1.13. The molecule has 0 spiro atoms. The van der Waals surface area contributed by atoms with Crippen molar-refractivity contribution in [2.45, 2.75) is 6.92 Å². The van der Waals surface area contributed by atoms with Crippen LogP contribution in [0.25, 0.3) is 0 Å². The first-order chi connectivity index (χ1) is 5.66. The van der Waals surface area contributed by atoms with Crippen molar-refractivity contribution in [3.05, 3.63) is 29.1 Å². The highest BCUT2D eigenvalue weighted by Crippen LogP contribution is 2.09. The fourth-order valence-corrected chi connectivity index (χ4v) is 0.913. The molecule has 0 radical (unpaired) electrons.